The minimum absolute atomic E-state index is 0.394. The molecule has 1 N–H and O–H groups in total. The highest BCUT2D eigenvalue weighted by molar-refractivity contribution is 8.02. The largest absolute Gasteiger partial charge is 0.366 e. The van der Waals surface area contributed by atoms with Crippen molar-refractivity contribution in [3.63, 3.8) is 0 Å². The summed E-state index contributed by atoms with van der Waals surface area (Å²) in [4.78, 5) is 10.5. The third kappa shape index (κ3) is 3.41. The second-order valence-electron chi connectivity index (χ2n) is 4.91. The summed E-state index contributed by atoms with van der Waals surface area (Å²) in [5.41, 5.74) is 3.85. The second kappa shape index (κ2) is 6.54. The van der Waals surface area contributed by atoms with Crippen molar-refractivity contribution in [2.24, 2.45) is 0 Å². The molecular weight excluding hydrogens is 292 g/mol. The molecule has 0 radical (unpaired) electrons. The van der Waals surface area contributed by atoms with E-state index in [0.29, 0.717) is 5.37 Å². The average Bonchev–Trinajstić information content (AvgIpc) is 2.99. The van der Waals surface area contributed by atoms with Gasteiger partial charge in [-0.15, -0.1) is 11.8 Å². The van der Waals surface area contributed by atoms with Gasteiger partial charge in [0.1, 0.15) is 0 Å². The maximum atomic E-state index is 4.28. The van der Waals surface area contributed by atoms with E-state index < -0.39 is 0 Å². The third-order valence-electron chi connectivity index (χ3n) is 3.23. The molecule has 4 nitrogen and oxygen atoms in total. The van der Waals surface area contributed by atoms with E-state index in [2.05, 4.69) is 39.5 Å². The zero-order chi connectivity index (χ0) is 15.4. The minimum Gasteiger partial charge on any atom is -0.366 e. The summed E-state index contributed by atoms with van der Waals surface area (Å²) in [6.45, 7) is 2.11. The second-order valence-corrected chi connectivity index (χ2v) is 6.12. The molecule has 0 aromatic carbocycles. The lowest BCUT2D eigenvalue weighted by Crippen LogP contribution is -2.15. The summed E-state index contributed by atoms with van der Waals surface area (Å²) in [5, 5.41) is 5.74. The van der Waals surface area contributed by atoms with Crippen molar-refractivity contribution in [3.8, 4) is 11.8 Å². The van der Waals surface area contributed by atoms with E-state index in [4.69, 9.17) is 0 Å². The Morgan fingerprint density at radius 3 is 2.77 bits per heavy atom. The van der Waals surface area contributed by atoms with Crippen LogP contribution in [-0.4, -0.2) is 22.4 Å². The number of thioether (sulfide) groups is 1. The zero-order valence-corrected chi connectivity index (χ0v) is 13.3. The monoisotopic (exact) mass is 308 g/mol. The van der Waals surface area contributed by atoms with Gasteiger partial charge in [0.05, 0.1) is 34.8 Å². The number of hydrogen-bond acceptors (Lipinski definition) is 5. The molecule has 0 spiro atoms. The van der Waals surface area contributed by atoms with Gasteiger partial charge in [-0.2, -0.15) is 0 Å². The molecule has 1 aliphatic rings. The molecule has 1 aliphatic heterocycles. The van der Waals surface area contributed by atoms with Gasteiger partial charge in [0.15, 0.2) is 0 Å². The molecule has 5 heteroatoms. The van der Waals surface area contributed by atoms with Gasteiger partial charge in [-0.25, -0.2) is 0 Å². The van der Waals surface area contributed by atoms with E-state index in [-0.39, 0.29) is 0 Å². The number of anilines is 2. The van der Waals surface area contributed by atoms with Crippen LogP contribution in [-0.2, 0) is 0 Å². The zero-order valence-electron chi connectivity index (χ0n) is 12.4. The minimum atomic E-state index is 0.394. The molecular formula is C17H16N4S. The fraction of sp³-hybridized carbons (Fsp3) is 0.176. The van der Waals surface area contributed by atoms with Crippen LogP contribution in [0.25, 0.3) is 0 Å². The normalized spacial score (nSPS) is 16.3. The molecule has 0 aliphatic carbocycles. The molecule has 0 amide bonds. The fourth-order valence-electron chi connectivity index (χ4n) is 2.04. The van der Waals surface area contributed by atoms with Gasteiger partial charge in [-0.05, 0) is 31.0 Å². The number of nitrogens with zero attached hydrogens (tertiary/aromatic N) is 3. The smallest absolute Gasteiger partial charge is 0.0930 e. The Morgan fingerprint density at radius 1 is 1.18 bits per heavy atom. The lowest BCUT2D eigenvalue weighted by atomic mass is 10.2. The first-order chi connectivity index (χ1) is 10.7. The van der Waals surface area contributed by atoms with Gasteiger partial charge in [-0.1, -0.05) is 5.92 Å². The van der Waals surface area contributed by atoms with Crippen molar-refractivity contribution < 1.29 is 0 Å². The predicted octanol–water partition coefficient (Wildman–Crippen LogP) is 3.12. The van der Waals surface area contributed by atoms with Gasteiger partial charge in [0.25, 0.3) is 0 Å². The first-order valence-electron chi connectivity index (χ1n) is 6.95. The van der Waals surface area contributed by atoms with E-state index in [1.54, 1.807) is 24.2 Å². The molecule has 2 aromatic rings. The van der Waals surface area contributed by atoms with E-state index in [0.717, 1.165) is 22.6 Å². The molecule has 1 unspecified atom stereocenters. The number of rotatable bonds is 2. The summed E-state index contributed by atoms with van der Waals surface area (Å²) in [6.07, 6.45) is 7.19. The Bertz CT molecular complexity index is 746. The van der Waals surface area contributed by atoms with Crippen LogP contribution in [0.2, 0.25) is 0 Å². The quantitative estimate of drug-likeness (QED) is 0.863. The average molecular weight is 308 g/mol. The number of allylic oxidation sites excluding steroid dienone is 1. The SMILES string of the molecule is CC1NC(C#Cc2cncc(N(C)c3cccnc3)c2)=CS1. The van der Waals surface area contributed by atoms with Gasteiger partial charge < -0.3 is 10.2 Å². The van der Waals surface area contributed by atoms with E-state index >= 15 is 0 Å². The summed E-state index contributed by atoms with van der Waals surface area (Å²) < 4.78 is 0. The maximum absolute atomic E-state index is 4.28. The standard InChI is InChI=1S/C17H16N4S/c1-13-20-15(12-22-13)6-5-14-8-17(11-19-9-14)21(2)16-4-3-7-18-10-16/h3-4,7-13,20H,1-2H3. The first-order valence-corrected chi connectivity index (χ1v) is 7.89. The van der Waals surface area contributed by atoms with Gasteiger partial charge in [0.2, 0.25) is 0 Å². The van der Waals surface area contributed by atoms with Crippen molar-refractivity contribution in [2.75, 3.05) is 11.9 Å². The molecule has 2 aromatic heterocycles. The van der Waals surface area contributed by atoms with Crippen LogP contribution >= 0.6 is 11.8 Å². The molecule has 22 heavy (non-hydrogen) atoms. The van der Waals surface area contributed by atoms with E-state index in [9.17, 15) is 0 Å². The predicted molar refractivity (Wildman–Crippen MR) is 91.7 cm³/mol. The molecule has 1 atom stereocenters. The van der Waals surface area contributed by atoms with Crippen LogP contribution in [0, 0.1) is 11.8 Å². The Balaban J connectivity index is 1.80. The number of pyridine rings is 2. The molecule has 3 rings (SSSR count). The van der Waals surface area contributed by atoms with E-state index in [1.165, 1.54) is 0 Å². The van der Waals surface area contributed by atoms with E-state index in [1.807, 2.05) is 42.5 Å². The highest BCUT2D eigenvalue weighted by Crippen LogP contribution is 2.22. The molecule has 0 saturated carbocycles. The van der Waals surface area contributed by atoms with Gasteiger partial charge in [-0.3, -0.25) is 9.97 Å². The Hall–Kier alpha value is -2.45. The summed E-state index contributed by atoms with van der Waals surface area (Å²) >= 11 is 1.74. The topological polar surface area (TPSA) is 41.1 Å². The maximum Gasteiger partial charge on any atom is 0.0930 e. The first kappa shape index (κ1) is 14.5. The lowest BCUT2D eigenvalue weighted by molar-refractivity contribution is 0.847. The Morgan fingerprint density at radius 2 is 2.05 bits per heavy atom. The highest BCUT2D eigenvalue weighted by atomic mass is 32.2. The van der Waals surface area contributed by atoms with Crippen molar-refractivity contribution >= 4 is 23.1 Å². The van der Waals surface area contributed by atoms with Crippen molar-refractivity contribution in [1.29, 1.82) is 0 Å². The fourth-order valence-corrected chi connectivity index (χ4v) is 2.71. The molecule has 3 heterocycles. The molecule has 0 saturated heterocycles. The summed E-state index contributed by atoms with van der Waals surface area (Å²) in [5.74, 6) is 6.30. The van der Waals surface area contributed by atoms with Crippen LogP contribution in [0.3, 0.4) is 0 Å². The van der Waals surface area contributed by atoms with Gasteiger partial charge >= 0.3 is 0 Å². The van der Waals surface area contributed by atoms with Crippen LogP contribution in [0.15, 0.2) is 54.1 Å². The molecule has 110 valence electrons. The Kier molecular flexibility index (Phi) is 4.31. The third-order valence-corrected chi connectivity index (χ3v) is 4.13. The van der Waals surface area contributed by atoms with Crippen LogP contribution in [0.4, 0.5) is 11.4 Å². The van der Waals surface area contributed by atoms with Gasteiger partial charge in [0, 0.05) is 30.4 Å². The van der Waals surface area contributed by atoms with Crippen molar-refractivity contribution in [3.05, 3.63) is 59.7 Å². The van der Waals surface area contributed by atoms with Crippen molar-refractivity contribution in [2.45, 2.75) is 12.3 Å². The summed E-state index contributed by atoms with van der Waals surface area (Å²) in [6, 6.07) is 5.95. The van der Waals surface area contributed by atoms with Crippen LogP contribution in [0.1, 0.15) is 12.5 Å². The summed E-state index contributed by atoms with van der Waals surface area (Å²) in [7, 11) is 1.99. The number of nitrogens with one attached hydrogen (secondary N) is 1. The number of aromatic nitrogens is 2. The molecule has 0 fully saturated rings. The van der Waals surface area contributed by atoms with Crippen LogP contribution < -0.4 is 10.2 Å². The van der Waals surface area contributed by atoms with Crippen molar-refractivity contribution in [1.82, 2.24) is 15.3 Å². The highest BCUT2D eigenvalue weighted by Gasteiger charge is 2.09. The van der Waals surface area contributed by atoms with Crippen LogP contribution in [0.5, 0.6) is 0 Å². The number of hydrogen-bond donors (Lipinski definition) is 1. The Labute approximate surface area is 134 Å². The molecule has 0 bridgehead atoms. The lowest BCUT2D eigenvalue weighted by Gasteiger charge is -2.18.